The number of hydrogen-bond donors (Lipinski definition) is 2. The van der Waals surface area contributed by atoms with Gasteiger partial charge in [0.15, 0.2) is 0 Å². The number of amides is 4. The van der Waals surface area contributed by atoms with Gasteiger partial charge in [-0.2, -0.15) is 13.2 Å². The second kappa shape index (κ2) is 17.6. The number of halogens is 3. The number of imide groups is 1. The van der Waals surface area contributed by atoms with Gasteiger partial charge in [-0.1, -0.05) is 30.9 Å². The van der Waals surface area contributed by atoms with Crippen LogP contribution in [0.5, 0.6) is 0 Å². The second-order valence-electron chi connectivity index (χ2n) is 16.7. The highest BCUT2D eigenvalue weighted by Gasteiger charge is 2.37. The zero-order valence-corrected chi connectivity index (χ0v) is 35.7. The minimum absolute atomic E-state index is 0.0115. The second-order valence-corrected chi connectivity index (χ2v) is 16.7. The molecule has 0 atom stereocenters. The average molecular weight is 854 g/mol. The van der Waals surface area contributed by atoms with Crippen LogP contribution >= 0.6 is 0 Å². The van der Waals surface area contributed by atoms with Crippen molar-refractivity contribution >= 4 is 41.1 Å². The molecular weight excluding hydrogens is 804 g/mol. The van der Waals surface area contributed by atoms with Crippen molar-refractivity contribution in [3.63, 3.8) is 0 Å². The maximum Gasteiger partial charge on any atom is 0.417 e. The van der Waals surface area contributed by atoms with Gasteiger partial charge in [0.05, 0.1) is 28.9 Å². The zero-order chi connectivity index (χ0) is 44.5. The van der Waals surface area contributed by atoms with Crippen LogP contribution in [0.25, 0.3) is 11.4 Å². The Morgan fingerprint density at radius 1 is 0.903 bits per heavy atom. The highest BCUT2D eigenvalue weighted by molar-refractivity contribution is 6.06. The number of carbonyl (C=O) groups is 4. The largest absolute Gasteiger partial charge is 0.443 e. The number of fused-ring (bicyclic) bond motifs is 2. The molecule has 1 fully saturated rings. The standard InChI is InChI=1S/C45H50F3N9O5/c1-7-54-18-20-55(21-19-54)27-32-12-13-33(23-35(32)45(46,47)48)51-42(60)56-16-14-30-10-8-29(22-37(30)56)9-11-31-26-50-41(49-25-28(2)58)52-39(31)38-24-34-36(53(38)6)15-17-57(40(34)59)43(61)62-44(3,4)5/h8,10,12-13,22-24,26H,7,14-21,25,27H2,1-6H3,(H,51,60)(H,49,50,52). The Bertz CT molecular complexity index is 2470. The number of ketones is 1. The van der Waals surface area contributed by atoms with Gasteiger partial charge in [-0.3, -0.25) is 19.4 Å². The normalized spacial score (nSPS) is 15.7. The number of hydrogen-bond acceptors (Lipinski definition) is 10. The Balaban J connectivity index is 1.13. The first kappa shape index (κ1) is 43.8. The number of aromatic nitrogens is 3. The Morgan fingerprint density at radius 3 is 2.32 bits per heavy atom. The van der Waals surface area contributed by atoms with Crippen LogP contribution in [0.15, 0.2) is 48.7 Å². The number of likely N-dealkylation sites (N-methyl/N-ethyl adjacent to an activating group) is 1. The first-order valence-electron chi connectivity index (χ1n) is 20.6. The molecule has 0 saturated carbocycles. The minimum atomic E-state index is -4.61. The Kier molecular flexibility index (Phi) is 12.5. The molecule has 4 amide bonds. The molecule has 0 spiro atoms. The quantitative estimate of drug-likeness (QED) is 0.187. The molecule has 4 aromatic rings. The number of urea groups is 1. The van der Waals surface area contributed by atoms with E-state index in [2.05, 4.69) is 39.3 Å². The van der Waals surface area contributed by atoms with Gasteiger partial charge in [0, 0.05) is 88.1 Å². The van der Waals surface area contributed by atoms with Crippen molar-refractivity contribution in [3.8, 4) is 23.2 Å². The number of nitrogens with zero attached hydrogens (tertiary/aromatic N) is 7. The smallest absolute Gasteiger partial charge is 0.417 e. The molecule has 17 heteroatoms. The molecule has 7 rings (SSSR count). The van der Waals surface area contributed by atoms with E-state index in [9.17, 15) is 32.3 Å². The van der Waals surface area contributed by atoms with Gasteiger partial charge in [-0.25, -0.2) is 24.5 Å². The molecule has 2 aromatic carbocycles. The van der Waals surface area contributed by atoms with E-state index < -0.39 is 35.4 Å². The van der Waals surface area contributed by atoms with Crippen LogP contribution in [0.3, 0.4) is 0 Å². The molecule has 2 aromatic heterocycles. The molecule has 0 unspecified atom stereocenters. The Labute approximate surface area is 358 Å². The van der Waals surface area contributed by atoms with E-state index in [4.69, 9.17) is 9.72 Å². The molecule has 62 heavy (non-hydrogen) atoms. The molecule has 3 aliphatic rings. The van der Waals surface area contributed by atoms with Crippen molar-refractivity contribution in [2.45, 2.75) is 65.8 Å². The predicted molar refractivity (Wildman–Crippen MR) is 228 cm³/mol. The monoisotopic (exact) mass is 853 g/mol. The summed E-state index contributed by atoms with van der Waals surface area (Å²) in [6, 6.07) is 10.5. The van der Waals surface area contributed by atoms with Gasteiger partial charge in [0.2, 0.25) is 5.95 Å². The van der Waals surface area contributed by atoms with E-state index in [1.165, 1.54) is 30.2 Å². The molecule has 1 saturated heterocycles. The third-order valence-electron chi connectivity index (χ3n) is 11.1. The Hall–Kier alpha value is -6.25. The molecular formula is C45H50F3N9O5. The van der Waals surface area contributed by atoms with E-state index in [0.29, 0.717) is 71.9 Å². The molecule has 0 radical (unpaired) electrons. The summed E-state index contributed by atoms with van der Waals surface area (Å²) in [5.41, 5.74) is 2.96. The van der Waals surface area contributed by atoms with Gasteiger partial charge >= 0.3 is 18.3 Å². The van der Waals surface area contributed by atoms with E-state index >= 15 is 0 Å². The van der Waals surface area contributed by atoms with Crippen LogP contribution in [0.1, 0.15) is 78.5 Å². The highest BCUT2D eigenvalue weighted by atomic mass is 19.4. The van der Waals surface area contributed by atoms with E-state index in [-0.39, 0.29) is 42.6 Å². The van der Waals surface area contributed by atoms with Crippen LogP contribution in [-0.2, 0) is 42.1 Å². The summed E-state index contributed by atoms with van der Waals surface area (Å²) >= 11 is 0. The van der Waals surface area contributed by atoms with Crippen LogP contribution in [0.2, 0.25) is 0 Å². The van der Waals surface area contributed by atoms with Crippen LogP contribution in [0.4, 0.5) is 40.1 Å². The topological polar surface area (TPSA) is 145 Å². The number of nitrogens with one attached hydrogen (secondary N) is 2. The van der Waals surface area contributed by atoms with Gasteiger partial charge < -0.3 is 24.8 Å². The predicted octanol–water partition coefficient (Wildman–Crippen LogP) is 6.57. The Morgan fingerprint density at radius 2 is 1.63 bits per heavy atom. The number of anilines is 3. The van der Waals surface area contributed by atoms with E-state index in [1.807, 2.05) is 21.6 Å². The molecule has 3 aliphatic heterocycles. The average Bonchev–Trinajstić information content (AvgIpc) is 3.80. The molecule has 0 aliphatic carbocycles. The summed E-state index contributed by atoms with van der Waals surface area (Å²) in [6.07, 6.45) is -2.90. The minimum Gasteiger partial charge on any atom is -0.443 e. The zero-order valence-electron chi connectivity index (χ0n) is 35.7. The van der Waals surface area contributed by atoms with Crippen LogP contribution in [0, 0.1) is 11.8 Å². The lowest BCUT2D eigenvalue weighted by Gasteiger charge is -2.34. The van der Waals surface area contributed by atoms with Crippen molar-refractivity contribution in [3.05, 3.63) is 87.7 Å². The van der Waals surface area contributed by atoms with Gasteiger partial charge in [-0.15, -0.1) is 0 Å². The maximum atomic E-state index is 14.3. The summed E-state index contributed by atoms with van der Waals surface area (Å²) in [5.74, 6) is 5.83. The lowest BCUT2D eigenvalue weighted by molar-refractivity contribution is -0.138. The lowest BCUT2D eigenvalue weighted by atomic mass is 10.0. The summed E-state index contributed by atoms with van der Waals surface area (Å²) < 4.78 is 50.3. The number of rotatable bonds is 8. The van der Waals surface area contributed by atoms with Crippen molar-refractivity contribution in [1.29, 1.82) is 0 Å². The number of Topliss-reactive ketones (excluding diaryl/α,β-unsaturated/α-hetero) is 1. The third kappa shape index (κ3) is 9.77. The van der Waals surface area contributed by atoms with Crippen molar-refractivity contribution < 1.29 is 37.1 Å². The molecule has 0 bridgehead atoms. The maximum absolute atomic E-state index is 14.3. The van der Waals surface area contributed by atoms with Crippen molar-refractivity contribution in [2.75, 3.05) is 67.9 Å². The molecule has 14 nitrogen and oxygen atoms in total. The van der Waals surface area contributed by atoms with Gasteiger partial charge in [0.1, 0.15) is 17.1 Å². The third-order valence-corrected chi connectivity index (χ3v) is 11.1. The first-order valence-corrected chi connectivity index (χ1v) is 20.6. The van der Waals surface area contributed by atoms with E-state index in [1.54, 1.807) is 40.0 Å². The van der Waals surface area contributed by atoms with Crippen LogP contribution < -0.4 is 15.5 Å². The fourth-order valence-electron chi connectivity index (χ4n) is 7.83. The fourth-order valence-corrected chi connectivity index (χ4v) is 7.83. The number of ether oxygens (including phenoxy) is 1. The van der Waals surface area contributed by atoms with E-state index in [0.717, 1.165) is 36.2 Å². The fraction of sp³-hybridized carbons (Fsp3) is 0.422. The SMILES string of the molecule is CCN1CCN(Cc2ccc(NC(=O)N3CCc4ccc(C#Cc5cnc(NCC(C)=O)nc5-c5cc6c(n5C)CCN(C(=O)OC(C)(C)C)C6=O)cc43)cc2C(F)(F)F)CC1. The summed E-state index contributed by atoms with van der Waals surface area (Å²) in [7, 11) is 1.79. The van der Waals surface area contributed by atoms with Gasteiger partial charge in [0.25, 0.3) is 5.91 Å². The molecule has 326 valence electrons. The summed E-state index contributed by atoms with van der Waals surface area (Å²) in [4.78, 5) is 67.9. The highest BCUT2D eigenvalue weighted by Crippen LogP contribution is 2.36. The summed E-state index contributed by atoms with van der Waals surface area (Å²) in [5, 5.41) is 5.60. The molecule has 2 N–H and O–H groups in total. The summed E-state index contributed by atoms with van der Waals surface area (Å²) in [6.45, 7) is 13.2. The number of piperazine rings is 1. The first-order chi connectivity index (χ1) is 29.4. The number of alkyl halides is 3. The number of benzene rings is 2. The number of carbonyl (C=O) groups excluding carboxylic acids is 4. The van der Waals surface area contributed by atoms with Crippen LogP contribution in [-0.4, -0.2) is 111 Å². The van der Waals surface area contributed by atoms with Gasteiger partial charge in [-0.05, 0) is 82.1 Å². The molecule has 5 heterocycles. The van der Waals surface area contributed by atoms with Crippen molar-refractivity contribution in [2.24, 2.45) is 7.05 Å². The lowest BCUT2D eigenvalue weighted by Crippen LogP contribution is -2.45. The van der Waals surface area contributed by atoms with Crippen molar-refractivity contribution in [1.82, 2.24) is 29.2 Å².